The highest BCUT2D eigenvalue weighted by Gasteiger charge is 2.03. The molecule has 0 aliphatic heterocycles. The number of hydrogen-bond acceptors (Lipinski definition) is 2. The lowest BCUT2D eigenvalue weighted by atomic mass is 10.2. The summed E-state index contributed by atoms with van der Waals surface area (Å²) in [6.45, 7) is 0. The summed E-state index contributed by atoms with van der Waals surface area (Å²) in [6.07, 6.45) is 3.50. The van der Waals surface area contributed by atoms with Gasteiger partial charge in [0.15, 0.2) is 0 Å². The number of aromatic nitrogens is 3. The van der Waals surface area contributed by atoms with E-state index in [9.17, 15) is 4.79 Å². The fourth-order valence-electron chi connectivity index (χ4n) is 1.65. The van der Waals surface area contributed by atoms with Crippen LogP contribution in [0.4, 0.5) is 0 Å². The number of nitrogens with zero attached hydrogens (tertiary/aromatic N) is 1. The molecule has 4 heteroatoms. The zero-order chi connectivity index (χ0) is 9.54. The summed E-state index contributed by atoms with van der Waals surface area (Å²) in [4.78, 5) is 21.0. The van der Waals surface area contributed by atoms with Gasteiger partial charge in [-0.1, -0.05) is 0 Å². The third-order valence-corrected chi connectivity index (χ3v) is 2.29. The van der Waals surface area contributed by atoms with Crippen LogP contribution >= 0.6 is 0 Å². The van der Waals surface area contributed by atoms with E-state index in [-0.39, 0.29) is 5.56 Å². The molecule has 3 heterocycles. The van der Waals surface area contributed by atoms with Gasteiger partial charge in [-0.25, -0.2) is 0 Å². The molecule has 0 spiro atoms. The molecule has 2 N–H and O–H groups in total. The van der Waals surface area contributed by atoms with Gasteiger partial charge >= 0.3 is 0 Å². The van der Waals surface area contributed by atoms with Gasteiger partial charge in [0.25, 0.3) is 0 Å². The minimum atomic E-state index is -0.1000. The molecule has 0 bridgehead atoms. The molecule has 0 fully saturated rings. The second-order valence-corrected chi connectivity index (χ2v) is 3.16. The van der Waals surface area contributed by atoms with Crippen molar-refractivity contribution in [3.8, 4) is 0 Å². The van der Waals surface area contributed by atoms with E-state index in [4.69, 9.17) is 0 Å². The molecule has 0 atom stereocenters. The smallest absolute Gasteiger partial charge is 0.249 e. The van der Waals surface area contributed by atoms with Crippen molar-refractivity contribution < 1.29 is 0 Å². The fraction of sp³-hybridized carbons (Fsp3) is 0. The SMILES string of the molecule is O=c1ccc2c([nH]1)[nH]c1ccncc12. The number of hydrogen-bond donors (Lipinski definition) is 2. The summed E-state index contributed by atoms with van der Waals surface area (Å²) in [5, 5.41) is 2.02. The van der Waals surface area contributed by atoms with Gasteiger partial charge in [0, 0.05) is 29.2 Å². The van der Waals surface area contributed by atoms with Gasteiger partial charge in [-0.2, -0.15) is 0 Å². The van der Waals surface area contributed by atoms with Crippen LogP contribution in [0.5, 0.6) is 0 Å². The Labute approximate surface area is 78.6 Å². The summed E-state index contributed by atoms with van der Waals surface area (Å²) in [6, 6.07) is 5.20. The molecule has 3 rings (SSSR count). The van der Waals surface area contributed by atoms with Crippen LogP contribution in [-0.2, 0) is 0 Å². The van der Waals surface area contributed by atoms with Crippen molar-refractivity contribution in [1.29, 1.82) is 0 Å². The van der Waals surface area contributed by atoms with Crippen LogP contribution < -0.4 is 5.56 Å². The van der Waals surface area contributed by atoms with Crippen LogP contribution in [0.1, 0.15) is 0 Å². The molecule has 14 heavy (non-hydrogen) atoms. The van der Waals surface area contributed by atoms with E-state index in [1.54, 1.807) is 18.5 Å². The average Bonchev–Trinajstić information content (AvgIpc) is 2.54. The van der Waals surface area contributed by atoms with Crippen LogP contribution in [0, 0.1) is 0 Å². The lowest BCUT2D eigenvalue weighted by Gasteiger charge is -1.87. The van der Waals surface area contributed by atoms with E-state index < -0.39 is 0 Å². The molecule has 0 amide bonds. The molecule has 0 aliphatic rings. The van der Waals surface area contributed by atoms with Gasteiger partial charge < -0.3 is 9.97 Å². The molecule has 0 aliphatic carbocycles. The minimum absolute atomic E-state index is 0.1000. The standard InChI is InChI=1S/C10H7N3O/c14-9-2-1-6-7-5-11-4-3-8(7)12-10(6)13-9/h1-5H,(H2,12,13,14). The van der Waals surface area contributed by atoms with E-state index in [2.05, 4.69) is 15.0 Å². The number of aromatic amines is 2. The second-order valence-electron chi connectivity index (χ2n) is 3.16. The molecule has 3 aromatic heterocycles. The number of fused-ring (bicyclic) bond motifs is 3. The van der Waals surface area contributed by atoms with Crippen LogP contribution in [0.3, 0.4) is 0 Å². The average molecular weight is 185 g/mol. The Kier molecular flexibility index (Phi) is 1.28. The van der Waals surface area contributed by atoms with E-state index in [0.29, 0.717) is 0 Å². The van der Waals surface area contributed by atoms with E-state index in [0.717, 1.165) is 21.9 Å². The summed E-state index contributed by atoms with van der Waals surface area (Å²) < 4.78 is 0. The Morgan fingerprint density at radius 2 is 2.00 bits per heavy atom. The highest BCUT2D eigenvalue weighted by atomic mass is 16.1. The molecule has 0 unspecified atom stereocenters. The first-order chi connectivity index (χ1) is 6.84. The van der Waals surface area contributed by atoms with Crippen LogP contribution in [-0.4, -0.2) is 15.0 Å². The predicted octanol–water partition coefficient (Wildman–Crippen LogP) is 1.40. The topological polar surface area (TPSA) is 61.5 Å². The molecule has 4 nitrogen and oxygen atoms in total. The number of nitrogens with one attached hydrogen (secondary N) is 2. The fourth-order valence-corrected chi connectivity index (χ4v) is 1.65. The molecular weight excluding hydrogens is 178 g/mol. The maximum Gasteiger partial charge on any atom is 0.249 e. The van der Waals surface area contributed by atoms with Gasteiger partial charge in [0.2, 0.25) is 5.56 Å². The monoisotopic (exact) mass is 185 g/mol. The first-order valence-electron chi connectivity index (χ1n) is 4.29. The van der Waals surface area contributed by atoms with Crippen molar-refractivity contribution in [2.24, 2.45) is 0 Å². The molecule has 68 valence electrons. The van der Waals surface area contributed by atoms with E-state index in [1.807, 2.05) is 6.07 Å². The zero-order valence-corrected chi connectivity index (χ0v) is 7.24. The van der Waals surface area contributed by atoms with Crippen LogP contribution in [0.15, 0.2) is 35.4 Å². The molecule has 3 aromatic rings. The molecule has 0 aromatic carbocycles. The Morgan fingerprint density at radius 1 is 1.07 bits per heavy atom. The Balaban J connectivity index is 2.63. The van der Waals surface area contributed by atoms with Gasteiger partial charge in [0.1, 0.15) is 5.65 Å². The van der Waals surface area contributed by atoms with Crippen molar-refractivity contribution in [1.82, 2.24) is 15.0 Å². The maximum absolute atomic E-state index is 11.1. The number of pyridine rings is 2. The zero-order valence-electron chi connectivity index (χ0n) is 7.24. The summed E-state index contributed by atoms with van der Waals surface area (Å²) in [5.74, 6) is 0. The Bertz CT molecular complexity index is 665. The Hall–Kier alpha value is -2.10. The molecule has 0 saturated heterocycles. The molecule has 0 radical (unpaired) electrons. The van der Waals surface area contributed by atoms with E-state index >= 15 is 0 Å². The minimum Gasteiger partial charge on any atom is -0.341 e. The van der Waals surface area contributed by atoms with Crippen LogP contribution in [0.25, 0.3) is 21.9 Å². The highest BCUT2D eigenvalue weighted by Crippen LogP contribution is 2.20. The number of rotatable bonds is 0. The lowest BCUT2D eigenvalue weighted by Crippen LogP contribution is -2.01. The summed E-state index contributed by atoms with van der Waals surface area (Å²) in [5.41, 5.74) is 1.63. The second kappa shape index (κ2) is 2.45. The predicted molar refractivity (Wildman–Crippen MR) is 54.2 cm³/mol. The third kappa shape index (κ3) is 0.877. The summed E-state index contributed by atoms with van der Waals surface area (Å²) >= 11 is 0. The van der Waals surface area contributed by atoms with Crippen molar-refractivity contribution in [2.45, 2.75) is 0 Å². The lowest BCUT2D eigenvalue weighted by molar-refractivity contribution is 1.27. The third-order valence-electron chi connectivity index (χ3n) is 2.29. The van der Waals surface area contributed by atoms with Crippen molar-refractivity contribution >= 4 is 21.9 Å². The van der Waals surface area contributed by atoms with Crippen LogP contribution in [0.2, 0.25) is 0 Å². The first-order valence-corrected chi connectivity index (χ1v) is 4.29. The normalized spacial score (nSPS) is 11.1. The maximum atomic E-state index is 11.1. The molecular formula is C10H7N3O. The highest BCUT2D eigenvalue weighted by molar-refractivity contribution is 6.05. The van der Waals surface area contributed by atoms with Crippen molar-refractivity contribution in [2.75, 3.05) is 0 Å². The quantitative estimate of drug-likeness (QED) is 0.556. The first kappa shape index (κ1) is 7.32. The Morgan fingerprint density at radius 3 is 2.93 bits per heavy atom. The van der Waals surface area contributed by atoms with Gasteiger partial charge in [-0.05, 0) is 12.1 Å². The van der Waals surface area contributed by atoms with E-state index in [1.165, 1.54) is 6.07 Å². The van der Waals surface area contributed by atoms with Gasteiger partial charge in [-0.15, -0.1) is 0 Å². The molecule has 0 saturated carbocycles. The van der Waals surface area contributed by atoms with Gasteiger partial charge in [-0.3, -0.25) is 9.78 Å². The van der Waals surface area contributed by atoms with Crippen molar-refractivity contribution in [3.05, 3.63) is 40.9 Å². The summed E-state index contributed by atoms with van der Waals surface area (Å²) in [7, 11) is 0. The number of H-pyrrole nitrogens is 2. The largest absolute Gasteiger partial charge is 0.341 e. The van der Waals surface area contributed by atoms with Gasteiger partial charge in [0.05, 0.1) is 5.52 Å². The van der Waals surface area contributed by atoms with Crippen molar-refractivity contribution in [3.63, 3.8) is 0 Å².